The van der Waals surface area contributed by atoms with Crippen molar-refractivity contribution in [2.75, 3.05) is 13.1 Å². The number of aromatic nitrogens is 1. The molecule has 0 spiro atoms. The van der Waals surface area contributed by atoms with Gasteiger partial charge in [-0.1, -0.05) is 12.1 Å². The van der Waals surface area contributed by atoms with Gasteiger partial charge in [0.15, 0.2) is 0 Å². The number of carbonyl (C=O) groups is 1. The maximum Gasteiger partial charge on any atom is 0.416 e. The van der Waals surface area contributed by atoms with Gasteiger partial charge in [-0.15, -0.1) is 0 Å². The van der Waals surface area contributed by atoms with E-state index in [1.165, 1.54) is 12.1 Å². The van der Waals surface area contributed by atoms with Gasteiger partial charge in [-0.3, -0.25) is 9.78 Å². The van der Waals surface area contributed by atoms with E-state index in [9.17, 15) is 18.0 Å². The first-order valence-electron chi connectivity index (χ1n) is 8.40. The summed E-state index contributed by atoms with van der Waals surface area (Å²) in [6, 6.07) is 8.27. The van der Waals surface area contributed by atoms with Gasteiger partial charge < -0.3 is 9.64 Å². The Bertz CT molecular complexity index is 750. The molecule has 1 aromatic heterocycles. The Hall–Kier alpha value is -2.41. The van der Waals surface area contributed by atoms with Crippen molar-refractivity contribution in [3.8, 4) is 0 Å². The third kappa shape index (κ3) is 4.60. The highest BCUT2D eigenvalue weighted by atomic mass is 19.4. The summed E-state index contributed by atoms with van der Waals surface area (Å²) in [5.41, 5.74) is 0.172. The van der Waals surface area contributed by atoms with Crippen LogP contribution in [-0.4, -0.2) is 35.0 Å². The van der Waals surface area contributed by atoms with E-state index in [2.05, 4.69) is 4.98 Å². The number of amides is 1. The summed E-state index contributed by atoms with van der Waals surface area (Å²) in [4.78, 5) is 18.2. The van der Waals surface area contributed by atoms with Gasteiger partial charge in [0.1, 0.15) is 0 Å². The molecule has 138 valence electrons. The first-order chi connectivity index (χ1) is 12.4. The highest BCUT2D eigenvalue weighted by Crippen LogP contribution is 2.30. The molecule has 1 aliphatic heterocycles. The van der Waals surface area contributed by atoms with Crippen LogP contribution < -0.4 is 0 Å². The van der Waals surface area contributed by atoms with Crippen LogP contribution in [0.15, 0.2) is 48.8 Å². The Balaban J connectivity index is 1.63. The maximum absolute atomic E-state index is 12.8. The Morgan fingerprint density at radius 1 is 1.27 bits per heavy atom. The Morgan fingerprint density at radius 2 is 2.12 bits per heavy atom. The molecule has 0 saturated carbocycles. The second-order valence-electron chi connectivity index (χ2n) is 6.27. The molecule has 0 bridgehead atoms. The van der Waals surface area contributed by atoms with Gasteiger partial charge in [0.25, 0.3) is 5.91 Å². The number of rotatable bonds is 4. The number of alkyl halides is 3. The number of piperidine rings is 1. The summed E-state index contributed by atoms with van der Waals surface area (Å²) in [7, 11) is 0. The zero-order chi connectivity index (χ0) is 18.6. The Morgan fingerprint density at radius 3 is 2.85 bits per heavy atom. The van der Waals surface area contributed by atoms with Crippen LogP contribution in [0.3, 0.4) is 0 Å². The molecule has 1 saturated heterocycles. The van der Waals surface area contributed by atoms with Gasteiger partial charge in [-0.05, 0) is 42.7 Å². The number of carbonyl (C=O) groups excluding carboxylic acids is 1. The number of hydrogen-bond donors (Lipinski definition) is 0. The fraction of sp³-hybridized carbons (Fsp3) is 0.368. The molecule has 0 aliphatic carbocycles. The molecule has 0 N–H and O–H groups in total. The largest absolute Gasteiger partial charge is 0.416 e. The molecule has 2 aromatic rings. The molecule has 1 atom stereocenters. The second kappa shape index (κ2) is 7.86. The van der Waals surface area contributed by atoms with Crippen molar-refractivity contribution < 1.29 is 22.7 Å². The quantitative estimate of drug-likeness (QED) is 0.826. The lowest BCUT2D eigenvalue weighted by molar-refractivity contribution is -0.137. The molecule has 2 heterocycles. The number of benzene rings is 1. The van der Waals surface area contributed by atoms with Crippen LogP contribution in [0.25, 0.3) is 0 Å². The Kier molecular flexibility index (Phi) is 5.56. The van der Waals surface area contributed by atoms with Crippen molar-refractivity contribution in [3.05, 3.63) is 65.5 Å². The normalized spacial score (nSPS) is 18.0. The molecule has 1 aromatic carbocycles. The molecule has 3 rings (SSSR count). The molecule has 26 heavy (non-hydrogen) atoms. The minimum Gasteiger partial charge on any atom is -0.372 e. The van der Waals surface area contributed by atoms with Crippen LogP contribution >= 0.6 is 0 Å². The Labute approximate surface area is 149 Å². The fourth-order valence-corrected chi connectivity index (χ4v) is 2.97. The number of nitrogens with zero attached hydrogens (tertiary/aromatic N) is 2. The van der Waals surface area contributed by atoms with E-state index in [1.54, 1.807) is 17.3 Å². The van der Waals surface area contributed by atoms with E-state index in [-0.39, 0.29) is 11.7 Å². The fourth-order valence-electron chi connectivity index (χ4n) is 2.97. The van der Waals surface area contributed by atoms with Gasteiger partial charge in [-0.25, -0.2) is 0 Å². The van der Waals surface area contributed by atoms with E-state index < -0.39 is 17.6 Å². The van der Waals surface area contributed by atoms with Crippen molar-refractivity contribution in [1.29, 1.82) is 0 Å². The van der Waals surface area contributed by atoms with Gasteiger partial charge >= 0.3 is 6.18 Å². The van der Waals surface area contributed by atoms with E-state index in [0.29, 0.717) is 19.7 Å². The molecular weight excluding hydrogens is 345 g/mol. The summed E-state index contributed by atoms with van der Waals surface area (Å²) < 4.78 is 44.4. The van der Waals surface area contributed by atoms with Crippen molar-refractivity contribution in [2.24, 2.45) is 0 Å². The van der Waals surface area contributed by atoms with Crippen molar-refractivity contribution in [1.82, 2.24) is 9.88 Å². The van der Waals surface area contributed by atoms with E-state index in [4.69, 9.17) is 4.74 Å². The number of ether oxygens (including phenoxy) is 1. The summed E-state index contributed by atoms with van der Waals surface area (Å²) in [6.07, 6.45) is 0.356. The van der Waals surface area contributed by atoms with Crippen molar-refractivity contribution in [3.63, 3.8) is 0 Å². The predicted octanol–water partition coefficient (Wildman–Crippen LogP) is 3.92. The molecule has 1 aliphatic rings. The standard InChI is InChI=1S/C19H19F3N2O2/c20-19(21,22)16-6-1-5-15(10-16)18(25)24-9-3-7-17(12-24)26-13-14-4-2-8-23-11-14/h1-2,4-6,8,10-11,17H,3,7,9,12-13H2/t17-/m1/s1. The van der Waals surface area contributed by atoms with Gasteiger partial charge in [0, 0.05) is 31.0 Å². The summed E-state index contributed by atoms with van der Waals surface area (Å²) in [6.45, 7) is 1.28. The zero-order valence-electron chi connectivity index (χ0n) is 14.1. The number of pyridine rings is 1. The lowest BCUT2D eigenvalue weighted by Gasteiger charge is -2.33. The van der Waals surface area contributed by atoms with E-state index >= 15 is 0 Å². The monoisotopic (exact) mass is 364 g/mol. The molecule has 0 radical (unpaired) electrons. The molecular formula is C19H19F3N2O2. The van der Waals surface area contributed by atoms with Crippen LogP contribution in [0, 0.1) is 0 Å². The lowest BCUT2D eigenvalue weighted by Crippen LogP contribution is -2.43. The zero-order valence-corrected chi connectivity index (χ0v) is 14.1. The topological polar surface area (TPSA) is 42.4 Å². The maximum atomic E-state index is 12.8. The van der Waals surface area contributed by atoms with Crippen LogP contribution in [0.1, 0.15) is 34.3 Å². The van der Waals surface area contributed by atoms with Crippen LogP contribution in [0.2, 0.25) is 0 Å². The van der Waals surface area contributed by atoms with Gasteiger partial charge in [-0.2, -0.15) is 13.2 Å². The lowest BCUT2D eigenvalue weighted by atomic mass is 10.0. The van der Waals surface area contributed by atoms with Crippen molar-refractivity contribution in [2.45, 2.75) is 31.7 Å². The van der Waals surface area contributed by atoms with E-state index in [1.807, 2.05) is 12.1 Å². The first kappa shape index (κ1) is 18.4. The molecule has 1 amide bonds. The summed E-state index contributed by atoms with van der Waals surface area (Å²) in [5.74, 6) is -0.397. The third-order valence-corrected chi connectivity index (χ3v) is 4.31. The number of hydrogen-bond acceptors (Lipinski definition) is 3. The second-order valence-corrected chi connectivity index (χ2v) is 6.27. The van der Waals surface area contributed by atoms with Crippen molar-refractivity contribution >= 4 is 5.91 Å². The highest BCUT2D eigenvalue weighted by Gasteiger charge is 2.32. The third-order valence-electron chi connectivity index (χ3n) is 4.31. The minimum absolute atomic E-state index is 0.0488. The average Bonchev–Trinajstić information content (AvgIpc) is 2.66. The number of likely N-dealkylation sites (tertiary alicyclic amines) is 1. The number of halogens is 3. The highest BCUT2D eigenvalue weighted by molar-refractivity contribution is 5.94. The van der Waals surface area contributed by atoms with E-state index in [0.717, 1.165) is 30.5 Å². The predicted molar refractivity (Wildman–Crippen MR) is 89.4 cm³/mol. The first-order valence-corrected chi connectivity index (χ1v) is 8.40. The van der Waals surface area contributed by atoms with Gasteiger partial charge in [0.2, 0.25) is 0 Å². The van der Waals surface area contributed by atoms with Crippen LogP contribution in [0.4, 0.5) is 13.2 Å². The average molecular weight is 364 g/mol. The van der Waals surface area contributed by atoms with Crippen LogP contribution in [-0.2, 0) is 17.5 Å². The summed E-state index contributed by atoms with van der Waals surface area (Å²) >= 11 is 0. The SMILES string of the molecule is O=C(c1cccc(C(F)(F)F)c1)N1CCC[C@@H](OCc2cccnc2)C1. The summed E-state index contributed by atoms with van der Waals surface area (Å²) in [5, 5.41) is 0. The molecule has 7 heteroatoms. The van der Waals surface area contributed by atoms with Crippen LogP contribution in [0.5, 0.6) is 0 Å². The molecule has 0 unspecified atom stereocenters. The smallest absolute Gasteiger partial charge is 0.372 e. The molecule has 1 fully saturated rings. The van der Waals surface area contributed by atoms with Gasteiger partial charge in [0.05, 0.1) is 18.3 Å². The molecule has 4 nitrogen and oxygen atoms in total. The minimum atomic E-state index is -4.46.